The van der Waals surface area contributed by atoms with E-state index in [2.05, 4.69) is 13.2 Å². The molecule has 15 nitrogen and oxygen atoms in total. The summed E-state index contributed by atoms with van der Waals surface area (Å²) in [6.45, 7) is 7.54. The van der Waals surface area contributed by atoms with E-state index in [-0.39, 0.29) is 64.2 Å². The van der Waals surface area contributed by atoms with Crippen molar-refractivity contribution in [2.24, 2.45) is 17.8 Å². The van der Waals surface area contributed by atoms with Crippen LogP contribution >= 0.6 is 45.2 Å². The lowest BCUT2D eigenvalue weighted by atomic mass is 9.85. The van der Waals surface area contributed by atoms with Crippen LogP contribution in [0, 0.1) is 17.8 Å². The Morgan fingerprint density at radius 2 is 1.19 bits per heavy atom. The van der Waals surface area contributed by atoms with Crippen molar-refractivity contribution in [3.63, 3.8) is 0 Å². The summed E-state index contributed by atoms with van der Waals surface area (Å²) >= 11 is 3.56. The largest absolute Gasteiger partial charge is 0.461 e. The minimum Gasteiger partial charge on any atom is -0.461 e. The van der Waals surface area contributed by atoms with Crippen molar-refractivity contribution in [3.05, 3.63) is 20.3 Å². The molecule has 10 unspecified atom stereocenters. The van der Waals surface area contributed by atoms with Crippen LogP contribution in [-0.4, -0.2) is 117 Å². The highest BCUT2D eigenvalue weighted by molar-refractivity contribution is 14.1. The van der Waals surface area contributed by atoms with Gasteiger partial charge in [0.05, 0.1) is 58.1 Å². The number of rotatable bonds is 14. The van der Waals surface area contributed by atoms with E-state index in [1.54, 1.807) is 45.2 Å². The molecule has 0 aromatic carbocycles. The molecule has 8 aliphatic rings. The average Bonchev–Trinajstić information content (AvgIpc) is 4.07. The number of halogens is 2. The number of hydrogen-bond donors (Lipinski definition) is 0. The average molecular weight is 1040 g/mol. The van der Waals surface area contributed by atoms with Crippen LogP contribution in [0.1, 0.15) is 96.3 Å². The highest BCUT2D eigenvalue weighted by Gasteiger charge is 2.61. The third-order valence-electron chi connectivity index (χ3n) is 13.3. The lowest BCUT2D eigenvalue weighted by Crippen LogP contribution is -2.47. The van der Waals surface area contributed by atoms with Gasteiger partial charge in [-0.2, -0.15) is 0 Å². The first-order valence-corrected chi connectivity index (χ1v) is 23.0. The molecule has 0 amide bonds. The summed E-state index contributed by atoms with van der Waals surface area (Å²) in [7, 11) is 0. The van der Waals surface area contributed by atoms with Crippen LogP contribution in [-0.2, 0) is 71.3 Å². The summed E-state index contributed by atoms with van der Waals surface area (Å²) in [5, 5.41) is 0. The molecule has 0 N–H and O–H groups in total. The minimum atomic E-state index is -0.900. The topological polar surface area (TPSA) is 170 Å². The Bertz CT molecular complexity index is 1610. The van der Waals surface area contributed by atoms with Gasteiger partial charge in [-0.05, 0) is 96.0 Å². The van der Waals surface area contributed by atoms with Gasteiger partial charge in [-0.3, -0.25) is 9.59 Å². The Kier molecular flexibility index (Phi) is 13.3. The molecule has 0 bridgehead atoms. The van der Waals surface area contributed by atoms with Gasteiger partial charge >= 0.3 is 17.9 Å². The Labute approximate surface area is 365 Å². The number of hydrogen-bond acceptors (Lipinski definition) is 15. The predicted octanol–water partition coefficient (Wildman–Crippen LogP) is 5.65. The zero-order valence-corrected chi connectivity index (χ0v) is 37.1. The molecule has 0 aromatic rings. The zero-order chi connectivity index (χ0) is 40.7. The van der Waals surface area contributed by atoms with E-state index in [1.807, 2.05) is 0 Å². The first kappa shape index (κ1) is 43.4. The number of ether oxygens (including phenoxy) is 11. The number of carbonyl (C=O) groups is 4. The van der Waals surface area contributed by atoms with E-state index in [9.17, 15) is 19.2 Å². The minimum absolute atomic E-state index is 0.0224. The summed E-state index contributed by atoms with van der Waals surface area (Å²) in [5.74, 6) is -5.81. The molecular formula is C41H54I2O15. The molecular weight excluding hydrogens is 986 g/mol. The predicted molar refractivity (Wildman–Crippen MR) is 217 cm³/mol. The van der Waals surface area contributed by atoms with E-state index in [0.717, 1.165) is 70.6 Å². The SMILES string of the molecule is C=C(I)C(=O)OCCC(=O)OC(C1COC2(CCCC2)O1)C1COC2(CCCC2C2CCC3(C2)OCC(C(C(=O)COC(=O)C(=C)I)C2COC4(CCCC4)O2)O3)O1. The summed E-state index contributed by atoms with van der Waals surface area (Å²) in [4.78, 5) is 51.2. The third-order valence-corrected chi connectivity index (χ3v) is 14.2. The molecule has 0 aromatic heterocycles. The summed E-state index contributed by atoms with van der Waals surface area (Å²) in [5.41, 5.74) is 0. The van der Waals surface area contributed by atoms with Crippen LogP contribution in [0.3, 0.4) is 0 Å². The van der Waals surface area contributed by atoms with Crippen molar-refractivity contribution in [1.82, 2.24) is 0 Å². The van der Waals surface area contributed by atoms with Crippen LogP contribution in [0.15, 0.2) is 20.3 Å². The van der Waals surface area contributed by atoms with Crippen LogP contribution in [0.2, 0.25) is 0 Å². The Hall–Kier alpha value is -1.30. The molecule has 0 radical (unpaired) electrons. The monoisotopic (exact) mass is 1040 g/mol. The quantitative estimate of drug-likeness (QED) is 0.0905. The van der Waals surface area contributed by atoms with Gasteiger partial charge in [0.15, 0.2) is 41.6 Å². The van der Waals surface area contributed by atoms with Crippen LogP contribution in [0.4, 0.5) is 0 Å². The van der Waals surface area contributed by atoms with E-state index < -0.39 is 84.1 Å². The van der Waals surface area contributed by atoms with Gasteiger partial charge < -0.3 is 52.1 Å². The van der Waals surface area contributed by atoms with Gasteiger partial charge in [0.25, 0.3) is 0 Å². The van der Waals surface area contributed by atoms with E-state index in [1.165, 1.54) is 0 Å². The summed E-state index contributed by atoms with van der Waals surface area (Å²) < 4.78 is 69.2. The van der Waals surface area contributed by atoms with E-state index >= 15 is 0 Å². The fraction of sp³-hybridized carbons (Fsp3) is 0.805. The third kappa shape index (κ3) is 9.09. The first-order chi connectivity index (χ1) is 27.8. The molecule has 10 atom stereocenters. The number of ketones is 1. The molecule has 322 valence electrons. The molecule has 4 saturated carbocycles. The van der Waals surface area contributed by atoms with Crippen LogP contribution in [0.25, 0.3) is 0 Å². The lowest BCUT2D eigenvalue weighted by molar-refractivity contribution is -0.227. The van der Waals surface area contributed by atoms with Crippen molar-refractivity contribution < 1.29 is 71.3 Å². The number of esters is 3. The molecule has 8 fully saturated rings. The van der Waals surface area contributed by atoms with E-state index in [0.29, 0.717) is 19.3 Å². The van der Waals surface area contributed by atoms with Crippen molar-refractivity contribution in [2.45, 2.75) is 150 Å². The second kappa shape index (κ2) is 17.8. The Morgan fingerprint density at radius 3 is 1.84 bits per heavy atom. The van der Waals surface area contributed by atoms with Gasteiger partial charge in [0, 0.05) is 50.9 Å². The Morgan fingerprint density at radius 1 is 0.638 bits per heavy atom. The van der Waals surface area contributed by atoms with Crippen molar-refractivity contribution in [1.29, 1.82) is 0 Å². The number of Topliss-reactive ketones (excluding diaryl/α,β-unsaturated/α-hetero) is 1. The highest BCUT2D eigenvalue weighted by atomic mass is 127. The normalized spacial score (nSPS) is 36.9. The fourth-order valence-corrected chi connectivity index (χ4v) is 11.0. The van der Waals surface area contributed by atoms with Gasteiger partial charge in [-0.1, -0.05) is 13.2 Å². The first-order valence-electron chi connectivity index (χ1n) is 20.8. The van der Waals surface area contributed by atoms with Gasteiger partial charge in [-0.25, -0.2) is 9.59 Å². The van der Waals surface area contributed by atoms with Gasteiger partial charge in [-0.15, -0.1) is 0 Å². The maximum Gasteiger partial charge on any atom is 0.344 e. The van der Waals surface area contributed by atoms with E-state index in [4.69, 9.17) is 52.1 Å². The lowest BCUT2D eigenvalue weighted by Gasteiger charge is -2.36. The van der Waals surface area contributed by atoms with Crippen LogP contribution < -0.4 is 0 Å². The molecule has 17 heteroatoms. The molecule has 4 heterocycles. The maximum absolute atomic E-state index is 13.8. The molecule has 4 aliphatic carbocycles. The second-order valence-corrected chi connectivity index (χ2v) is 19.7. The van der Waals surface area contributed by atoms with Crippen molar-refractivity contribution in [3.8, 4) is 0 Å². The van der Waals surface area contributed by atoms with Crippen molar-refractivity contribution >= 4 is 68.9 Å². The Balaban J connectivity index is 0.927. The molecule has 58 heavy (non-hydrogen) atoms. The summed E-state index contributed by atoms with van der Waals surface area (Å²) in [6.07, 6.45) is 8.32. The molecule has 4 aliphatic heterocycles. The second-order valence-electron chi connectivity index (χ2n) is 17.0. The zero-order valence-electron chi connectivity index (χ0n) is 32.8. The molecule has 4 saturated heterocycles. The maximum atomic E-state index is 13.8. The van der Waals surface area contributed by atoms with Crippen molar-refractivity contribution in [2.75, 3.05) is 39.6 Å². The smallest absolute Gasteiger partial charge is 0.344 e. The van der Waals surface area contributed by atoms with Gasteiger partial charge in [0.1, 0.15) is 18.8 Å². The summed E-state index contributed by atoms with van der Waals surface area (Å²) in [6, 6.07) is 0. The standard InChI is InChI=1S/C41H54I2O15/c1-24(42)36(46)48-17-10-33(45)54-35(31-22-51-39(57-31)13-5-6-14-39)32-23-53-41(58-32)15-7-8-27(41)26-9-16-40(18-26)52-21-30(56-40)34(28(44)19-49-37(47)25(2)43)29-20-50-38(55-29)11-3-4-12-38/h26-27,29-32,34-35H,1-23H2. The fourth-order valence-electron chi connectivity index (χ4n) is 10.7. The molecule has 4 spiro atoms. The number of carbonyl (C=O) groups excluding carboxylic acids is 4. The highest BCUT2D eigenvalue weighted by Crippen LogP contribution is 2.56. The van der Waals surface area contributed by atoms with Crippen LogP contribution in [0.5, 0.6) is 0 Å². The molecule has 8 rings (SSSR count). The van der Waals surface area contributed by atoms with Gasteiger partial charge in [0.2, 0.25) is 0 Å².